The van der Waals surface area contributed by atoms with Crippen LogP contribution in [0.5, 0.6) is 0 Å². The van der Waals surface area contributed by atoms with Gasteiger partial charge in [-0.1, -0.05) is 30.3 Å². The normalized spacial score (nSPS) is 20.8. The summed E-state index contributed by atoms with van der Waals surface area (Å²) in [4.78, 5) is 13.1. The molecule has 3 heteroatoms. The molecule has 1 heterocycles. The van der Waals surface area contributed by atoms with Gasteiger partial charge in [-0.15, -0.1) is 0 Å². The van der Waals surface area contributed by atoms with Crippen LogP contribution in [0.1, 0.15) is 18.0 Å². The fourth-order valence-corrected chi connectivity index (χ4v) is 1.85. The van der Waals surface area contributed by atoms with Crippen LogP contribution >= 0.6 is 0 Å². The van der Waals surface area contributed by atoms with Crippen LogP contribution in [0.3, 0.4) is 0 Å². The van der Waals surface area contributed by atoms with Crippen molar-refractivity contribution in [1.82, 2.24) is 4.90 Å². The predicted molar refractivity (Wildman–Crippen MR) is 54.6 cm³/mol. The molecule has 1 fully saturated rings. The molecule has 1 unspecified atom stereocenters. The lowest BCUT2D eigenvalue weighted by Crippen LogP contribution is -2.48. The number of rotatable bonds is 3. The standard InChI is InChI=1S/C11H14N2O/c12-6-7-13-10(8-11(13)14)9-4-2-1-3-5-9/h1-5,10H,6-8,12H2. The molecular formula is C11H14N2O. The number of hydrogen-bond acceptors (Lipinski definition) is 2. The van der Waals surface area contributed by atoms with Gasteiger partial charge >= 0.3 is 0 Å². The minimum absolute atomic E-state index is 0.212. The quantitative estimate of drug-likeness (QED) is 0.720. The lowest BCUT2D eigenvalue weighted by Gasteiger charge is -2.40. The van der Waals surface area contributed by atoms with Gasteiger partial charge in [-0.2, -0.15) is 0 Å². The zero-order chi connectivity index (χ0) is 9.97. The molecule has 14 heavy (non-hydrogen) atoms. The van der Waals surface area contributed by atoms with Gasteiger partial charge in [0.05, 0.1) is 12.5 Å². The van der Waals surface area contributed by atoms with Crippen LogP contribution in [0.25, 0.3) is 0 Å². The second kappa shape index (κ2) is 3.80. The molecule has 1 aromatic rings. The number of nitrogens with zero attached hydrogens (tertiary/aromatic N) is 1. The van der Waals surface area contributed by atoms with Crippen LogP contribution in [-0.2, 0) is 4.79 Å². The summed E-state index contributed by atoms with van der Waals surface area (Å²) in [5.41, 5.74) is 6.66. The van der Waals surface area contributed by atoms with E-state index in [1.165, 1.54) is 5.56 Å². The van der Waals surface area contributed by atoms with Gasteiger partial charge in [-0.05, 0) is 5.56 Å². The van der Waals surface area contributed by atoms with Crippen molar-refractivity contribution < 1.29 is 4.79 Å². The smallest absolute Gasteiger partial charge is 0.225 e. The highest BCUT2D eigenvalue weighted by Gasteiger charge is 2.35. The van der Waals surface area contributed by atoms with E-state index in [0.717, 1.165) is 0 Å². The molecule has 0 radical (unpaired) electrons. The van der Waals surface area contributed by atoms with Crippen LogP contribution in [0, 0.1) is 0 Å². The van der Waals surface area contributed by atoms with Gasteiger partial charge in [0.2, 0.25) is 5.91 Å². The van der Waals surface area contributed by atoms with Crippen LogP contribution in [0.2, 0.25) is 0 Å². The van der Waals surface area contributed by atoms with Gasteiger partial charge in [0.15, 0.2) is 0 Å². The van der Waals surface area contributed by atoms with Gasteiger partial charge < -0.3 is 10.6 Å². The Bertz CT molecular complexity index is 323. The van der Waals surface area contributed by atoms with Crippen molar-refractivity contribution in [1.29, 1.82) is 0 Å². The fraction of sp³-hybridized carbons (Fsp3) is 0.364. The van der Waals surface area contributed by atoms with Crippen molar-refractivity contribution in [3.8, 4) is 0 Å². The molecular weight excluding hydrogens is 176 g/mol. The molecule has 0 bridgehead atoms. The van der Waals surface area contributed by atoms with Crippen LogP contribution < -0.4 is 5.73 Å². The summed E-state index contributed by atoms with van der Waals surface area (Å²) in [7, 11) is 0. The molecule has 2 rings (SSSR count). The van der Waals surface area contributed by atoms with Crippen molar-refractivity contribution in [2.24, 2.45) is 5.73 Å². The SMILES string of the molecule is NCCN1C(=O)CC1c1ccccc1. The Kier molecular flexibility index (Phi) is 2.50. The molecule has 1 aromatic carbocycles. The molecule has 0 aliphatic carbocycles. The molecule has 1 aliphatic heterocycles. The number of β-lactam (4-membered cyclic amide) rings is 1. The monoisotopic (exact) mass is 190 g/mol. The maximum absolute atomic E-state index is 11.3. The maximum Gasteiger partial charge on any atom is 0.225 e. The molecule has 1 aliphatic rings. The second-order valence-electron chi connectivity index (χ2n) is 3.51. The maximum atomic E-state index is 11.3. The van der Waals surface area contributed by atoms with Gasteiger partial charge in [-0.25, -0.2) is 0 Å². The van der Waals surface area contributed by atoms with E-state index in [1.807, 2.05) is 23.1 Å². The molecule has 0 saturated carbocycles. The third kappa shape index (κ3) is 1.51. The van der Waals surface area contributed by atoms with Crippen molar-refractivity contribution in [2.45, 2.75) is 12.5 Å². The first-order valence-corrected chi connectivity index (χ1v) is 4.87. The largest absolute Gasteiger partial charge is 0.334 e. The average molecular weight is 190 g/mol. The van der Waals surface area contributed by atoms with Crippen molar-refractivity contribution in [3.05, 3.63) is 35.9 Å². The highest BCUT2D eigenvalue weighted by molar-refractivity contribution is 5.83. The minimum atomic E-state index is 0.212. The van der Waals surface area contributed by atoms with Gasteiger partial charge in [-0.3, -0.25) is 4.79 Å². The van der Waals surface area contributed by atoms with E-state index in [2.05, 4.69) is 12.1 Å². The van der Waals surface area contributed by atoms with Crippen LogP contribution in [0.15, 0.2) is 30.3 Å². The number of carbonyl (C=O) groups excluding carboxylic acids is 1. The first kappa shape index (κ1) is 9.21. The van der Waals surface area contributed by atoms with E-state index in [-0.39, 0.29) is 11.9 Å². The summed E-state index contributed by atoms with van der Waals surface area (Å²) in [6, 6.07) is 10.3. The summed E-state index contributed by atoms with van der Waals surface area (Å²) in [6.07, 6.45) is 0.629. The second-order valence-corrected chi connectivity index (χ2v) is 3.51. The zero-order valence-corrected chi connectivity index (χ0v) is 8.02. The minimum Gasteiger partial charge on any atom is -0.334 e. The molecule has 3 nitrogen and oxygen atoms in total. The number of benzene rings is 1. The van der Waals surface area contributed by atoms with Crippen LogP contribution in [-0.4, -0.2) is 23.9 Å². The number of amides is 1. The number of hydrogen-bond donors (Lipinski definition) is 1. The summed E-state index contributed by atoms with van der Waals surface area (Å²) < 4.78 is 0. The Morgan fingerprint density at radius 3 is 2.64 bits per heavy atom. The molecule has 0 spiro atoms. The van der Waals surface area contributed by atoms with E-state index in [9.17, 15) is 4.79 Å². The Morgan fingerprint density at radius 2 is 2.07 bits per heavy atom. The predicted octanol–water partition coefficient (Wildman–Crippen LogP) is 0.919. The summed E-state index contributed by atoms with van der Waals surface area (Å²) in [5.74, 6) is 0.212. The molecule has 1 amide bonds. The van der Waals surface area contributed by atoms with E-state index >= 15 is 0 Å². The third-order valence-corrected chi connectivity index (χ3v) is 2.62. The number of carbonyl (C=O) groups is 1. The fourth-order valence-electron chi connectivity index (χ4n) is 1.85. The zero-order valence-electron chi connectivity index (χ0n) is 8.02. The Labute approximate surface area is 83.5 Å². The van der Waals surface area contributed by atoms with E-state index in [4.69, 9.17) is 5.73 Å². The molecule has 2 N–H and O–H groups in total. The Balaban J connectivity index is 2.10. The summed E-state index contributed by atoms with van der Waals surface area (Å²) in [5, 5.41) is 0. The Morgan fingerprint density at radius 1 is 1.36 bits per heavy atom. The summed E-state index contributed by atoms with van der Waals surface area (Å²) >= 11 is 0. The molecule has 1 saturated heterocycles. The van der Waals surface area contributed by atoms with Gasteiger partial charge in [0.1, 0.15) is 0 Å². The lowest BCUT2D eigenvalue weighted by atomic mass is 9.94. The van der Waals surface area contributed by atoms with E-state index in [1.54, 1.807) is 0 Å². The molecule has 1 atom stereocenters. The van der Waals surface area contributed by atoms with E-state index in [0.29, 0.717) is 19.5 Å². The van der Waals surface area contributed by atoms with E-state index < -0.39 is 0 Å². The average Bonchev–Trinajstić information content (AvgIpc) is 2.24. The highest BCUT2D eigenvalue weighted by Crippen LogP contribution is 2.33. The topological polar surface area (TPSA) is 46.3 Å². The molecule has 74 valence electrons. The molecule has 0 aromatic heterocycles. The Hall–Kier alpha value is -1.35. The first-order valence-electron chi connectivity index (χ1n) is 4.87. The van der Waals surface area contributed by atoms with Gasteiger partial charge in [0, 0.05) is 13.1 Å². The van der Waals surface area contributed by atoms with Crippen LogP contribution in [0.4, 0.5) is 0 Å². The van der Waals surface area contributed by atoms with Crippen molar-refractivity contribution in [2.75, 3.05) is 13.1 Å². The van der Waals surface area contributed by atoms with Crippen molar-refractivity contribution >= 4 is 5.91 Å². The number of nitrogens with two attached hydrogens (primary N) is 1. The van der Waals surface area contributed by atoms with Crippen molar-refractivity contribution in [3.63, 3.8) is 0 Å². The summed E-state index contributed by atoms with van der Waals surface area (Å²) in [6.45, 7) is 1.20. The van der Waals surface area contributed by atoms with Gasteiger partial charge in [0.25, 0.3) is 0 Å². The number of likely N-dealkylation sites (tertiary alicyclic amines) is 1. The lowest BCUT2D eigenvalue weighted by molar-refractivity contribution is -0.146. The third-order valence-electron chi connectivity index (χ3n) is 2.62. The first-order chi connectivity index (χ1) is 6.83. The highest BCUT2D eigenvalue weighted by atomic mass is 16.2.